The molecule has 4 nitrogen and oxygen atoms in total. The topological polar surface area (TPSA) is 62.4 Å². The quantitative estimate of drug-likeness (QED) is 0.773. The summed E-state index contributed by atoms with van der Waals surface area (Å²) < 4.78 is 0. The van der Waals surface area contributed by atoms with Crippen LogP contribution in [0.1, 0.15) is 19.0 Å². The third-order valence-electron chi connectivity index (χ3n) is 3.19. The number of aliphatic hydroxyl groups excluding tert-OH is 1. The number of anilines is 1. The van der Waals surface area contributed by atoms with E-state index in [0.29, 0.717) is 12.5 Å². The van der Waals surface area contributed by atoms with Gasteiger partial charge < -0.3 is 15.7 Å². The number of hydrogen-bond donors (Lipinski definition) is 2. The van der Waals surface area contributed by atoms with E-state index < -0.39 is 0 Å². The van der Waals surface area contributed by atoms with Crippen LogP contribution in [-0.2, 0) is 6.54 Å². The highest BCUT2D eigenvalue weighted by atomic mass is 16.3. The minimum atomic E-state index is -0.172. The van der Waals surface area contributed by atoms with Gasteiger partial charge in [-0.3, -0.25) is 0 Å². The first-order valence-electron chi connectivity index (χ1n) is 5.79. The van der Waals surface area contributed by atoms with Crippen LogP contribution in [-0.4, -0.2) is 29.3 Å². The van der Waals surface area contributed by atoms with Crippen molar-refractivity contribution in [1.29, 1.82) is 0 Å². The van der Waals surface area contributed by atoms with Gasteiger partial charge in [0.1, 0.15) is 5.82 Å². The van der Waals surface area contributed by atoms with Crippen molar-refractivity contribution in [1.82, 2.24) is 4.98 Å². The minimum Gasteiger partial charge on any atom is -0.393 e. The molecule has 88 valence electrons. The molecule has 0 bridgehead atoms. The third kappa shape index (κ3) is 2.33. The largest absolute Gasteiger partial charge is 0.393 e. The van der Waals surface area contributed by atoms with Gasteiger partial charge in [0.15, 0.2) is 0 Å². The smallest absolute Gasteiger partial charge is 0.128 e. The number of nitrogens with two attached hydrogens (primary N) is 1. The molecule has 0 amide bonds. The fourth-order valence-electron chi connectivity index (χ4n) is 2.10. The molecule has 1 aliphatic heterocycles. The van der Waals surface area contributed by atoms with Crippen LogP contribution in [0.25, 0.3) is 0 Å². The normalized spacial score (nSPS) is 25.8. The molecule has 2 unspecified atom stereocenters. The number of pyridine rings is 1. The maximum Gasteiger partial charge on any atom is 0.128 e. The van der Waals surface area contributed by atoms with Crippen LogP contribution in [0.15, 0.2) is 18.2 Å². The van der Waals surface area contributed by atoms with Gasteiger partial charge in [-0.15, -0.1) is 0 Å². The lowest BCUT2D eigenvalue weighted by atomic mass is 9.97. The molecule has 2 heterocycles. The van der Waals surface area contributed by atoms with Crippen LogP contribution < -0.4 is 10.6 Å². The molecule has 3 N–H and O–H groups in total. The lowest BCUT2D eigenvalue weighted by Gasteiger charge is -2.35. The summed E-state index contributed by atoms with van der Waals surface area (Å²) in [6.45, 7) is 4.28. The average molecular weight is 221 g/mol. The summed E-state index contributed by atoms with van der Waals surface area (Å²) in [5.41, 5.74) is 6.49. The molecule has 1 aliphatic rings. The van der Waals surface area contributed by atoms with Crippen molar-refractivity contribution in [2.45, 2.75) is 26.0 Å². The van der Waals surface area contributed by atoms with Gasteiger partial charge in [0.2, 0.25) is 0 Å². The molecular formula is C12H19N3O. The summed E-state index contributed by atoms with van der Waals surface area (Å²) in [7, 11) is 0. The summed E-state index contributed by atoms with van der Waals surface area (Å²) in [4.78, 5) is 6.71. The van der Waals surface area contributed by atoms with Gasteiger partial charge in [-0.1, -0.05) is 13.0 Å². The fourth-order valence-corrected chi connectivity index (χ4v) is 2.10. The molecule has 2 atom stereocenters. The molecule has 16 heavy (non-hydrogen) atoms. The van der Waals surface area contributed by atoms with E-state index in [1.165, 1.54) is 0 Å². The van der Waals surface area contributed by atoms with Gasteiger partial charge in [0, 0.05) is 19.6 Å². The van der Waals surface area contributed by atoms with Crippen molar-refractivity contribution in [2.75, 3.05) is 18.0 Å². The maximum absolute atomic E-state index is 9.68. The van der Waals surface area contributed by atoms with Crippen LogP contribution in [0.2, 0.25) is 0 Å². The van der Waals surface area contributed by atoms with E-state index in [4.69, 9.17) is 5.73 Å². The van der Waals surface area contributed by atoms with E-state index >= 15 is 0 Å². The number of rotatable bonds is 2. The van der Waals surface area contributed by atoms with Gasteiger partial charge in [-0.2, -0.15) is 0 Å². The number of nitrogens with zero attached hydrogens (tertiary/aromatic N) is 2. The molecule has 1 aromatic heterocycles. The summed E-state index contributed by atoms with van der Waals surface area (Å²) in [6.07, 6.45) is 0.643. The Morgan fingerprint density at radius 3 is 3.06 bits per heavy atom. The van der Waals surface area contributed by atoms with E-state index in [-0.39, 0.29) is 6.10 Å². The van der Waals surface area contributed by atoms with Crippen molar-refractivity contribution < 1.29 is 5.11 Å². The van der Waals surface area contributed by atoms with Crippen molar-refractivity contribution >= 4 is 5.82 Å². The highest BCUT2D eigenvalue weighted by Gasteiger charge is 2.24. The van der Waals surface area contributed by atoms with Crippen molar-refractivity contribution in [3.8, 4) is 0 Å². The van der Waals surface area contributed by atoms with Gasteiger partial charge >= 0.3 is 0 Å². The fraction of sp³-hybridized carbons (Fsp3) is 0.583. The Hall–Kier alpha value is -1.13. The van der Waals surface area contributed by atoms with Gasteiger partial charge in [-0.25, -0.2) is 4.98 Å². The molecule has 0 saturated carbocycles. The second-order valence-electron chi connectivity index (χ2n) is 4.47. The minimum absolute atomic E-state index is 0.172. The van der Waals surface area contributed by atoms with E-state index in [9.17, 15) is 5.11 Å². The van der Waals surface area contributed by atoms with Crippen LogP contribution in [0.4, 0.5) is 5.82 Å². The Bertz CT molecular complexity index is 356. The zero-order chi connectivity index (χ0) is 11.5. The lowest BCUT2D eigenvalue weighted by molar-refractivity contribution is 0.0969. The Morgan fingerprint density at radius 2 is 2.38 bits per heavy atom. The van der Waals surface area contributed by atoms with Crippen molar-refractivity contribution in [3.05, 3.63) is 23.9 Å². The summed E-state index contributed by atoms with van der Waals surface area (Å²) in [6, 6.07) is 5.93. The van der Waals surface area contributed by atoms with Gasteiger partial charge in [0.25, 0.3) is 0 Å². The Morgan fingerprint density at radius 1 is 1.56 bits per heavy atom. The van der Waals surface area contributed by atoms with Crippen LogP contribution in [0, 0.1) is 5.92 Å². The number of aliphatic hydroxyl groups is 1. The highest BCUT2D eigenvalue weighted by molar-refractivity contribution is 5.40. The van der Waals surface area contributed by atoms with Crippen molar-refractivity contribution in [2.24, 2.45) is 11.7 Å². The lowest BCUT2D eigenvalue weighted by Crippen LogP contribution is -2.42. The first-order valence-corrected chi connectivity index (χ1v) is 5.79. The van der Waals surface area contributed by atoms with Crippen LogP contribution >= 0.6 is 0 Å². The number of aromatic nitrogens is 1. The van der Waals surface area contributed by atoms with Crippen LogP contribution in [0.5, 0.6) is 0 Å². The molecule has 0 radical (unpaired) electrons. The van der Waals surface area contributed by atoms with E-state index in [1.807, 2.05) is 18.2 Å². The van der Waals surface area contributed by atoms with Gasteiger partial charge in [-0.05, 0) is 24.5 Å². The molecule has 2 rings (SSSR count). The first kappa shape index (κ1) is 11.4. The maximum atomic E-state index is 9.68. The van der Waals surface area contributed by atoms with E-state index in [1.54, 1.807) is 0 Å². The Balaban J connectivity index is 2.12. The summed E-state index contributed by atoms with van der Waals surface area (Å²) in [5.74, 6) is 1.28. The zero-order valence-electron chi connectivity index (χ0n) is 9.63. The first-order chi connectivity index (χ1) is 7.70. The average Bonchev–Trinajstić information content (AvgIpc) is 2.33. The second kappa shape index (κ2) is 4.80. The van der Waals surface area contributed by atoms with Gasteiger partial charge in [0.05, 0.1) is 11.8 Å². The molecule has 1 fully saturated rings. The number of piperidine rings is 1. The molecule has 0 spiro atoms. The van der Waals surface area contributed by atoms with Crippen molar-refractivity contribution in [3.63, 3.8) is 0 Å². The number of hydrogen-bond acceptors (Lipinski definition) is 4. The SMILES string of the molecule is CC1CN(c2cccc(CN)n2)CCC1O. The monoisotopic (exact) mass is 221 g/mol. The highest BCUT2D eigenvalue weighted by Crippen LogP contribution is 2.21. The van der Waals surface area contributed by atoms with Crippen LogP contribution in [0.3, 0.4) is 0 Å². The zero-order valence-corrected chi connectivity index (χ0v) is 9.63. The molecule has 1 aromatic rings. The molecule has 0 aliphatic carbocycles. The van der Waals surface area contributed by atoms with E-state index in [0.717, 1.165) is 31.0 Å². The standard InChI is InChI=1S/C12H19N3O/c1-9-8-15(6-5-11(9)16)12-4-2-3-10(7-13)14-12/h2-4,9,11,16H,5-8,13H2,1H3. The predicted octanol–water partition coefficient (Wildman–Crippen LogP) is 0.747. The second-order valence-corrected chi connectivity index (χ2v) is 4.47. The molecule has 1 saturated heterocycles. The van der Waals surface area contributed by atoms with E-state index in [2.05, 4.69) is 16.8 Å². The molecule has 4 heteroatoms. The summed E-state index contributed by atoms with van der Waals surface area (Å²) in [5, 5.41) is 9.68. The Labute approximate surface area is 96.1 Å². The third-order valence-corrected chi connectivity index (χ3v) is 3.19. The molecule has 0 aromatic carbocycles. The summed E-state index contributed by atoms with van der Waals surface area (Å²) >= 11 is 0. The molecular weight excluding hydrogens is 202 g/mol. The Kier molecular flexibility index (Phi) is 3.41. The predicted molar refractivity (Wildman–Crippen MR) is 64.1 cm³/mol.